The first-order chi connectivity index (χ1) is 10.7. The van der Waals surface area contributed by atoms with Crippen LogP contribution in [0.25, 0.3) is 11.0 Å². The summed E-state index contributed by atoms with van der Waals surface area (Å²) in [6.07, 6.45) is 4.56. The van der Waals surface area contributed by atoms with E-state index in [-0.39, 0.29) is 36.8 Å². The Hall–Kier alpha value is -1.30. The van der Waals surface area contributed by atoms with Gasteiger partial charge in [-0.2, -0.15) is 0 Å². The molecule has 0 spiro atoms. The molecule has 1 aromatic carbocycles. The van der Waals surface area contributed by atoms with Crippen LogP contribution in [0.1, 0.15) is 31.5 Å². The molecule has 1 saturated carbocycles. The molecule has 3 rings (SSSR count). The number of amides is 1. The Kier molecular flexibility index (Phi) is 8.00. The summed E-state index contributed by atoms with van der Waals surface area (Å²) in [5.74, 6) is 1.34. The minimum absolute atomic E-state index is 0. The Labute approximate surface area is 155 Å². The summed E-state index contributed by atoms with van der Waals surface area (Å²) in [5.41, 5.74) is 7.78. The Balaban J connectivity index is 0.00000144. The third-order valence-corrected chi connectivity index (χ3v) is 4.71. The lowest BCUT2D eigenvalue weighted by Gasteiger charge is -2.31. The fourth-order valence-electron chi connectivity index (χ4n) is 3.47. The molecule has 2 atom stereocenters. The normalized spacial score (nSPS) is 20.1. The number of benzene rings is 1. The summed E-state index contributed by atoms with van der Waals surface area (Å²) in [6, 6.07) is 8.14. The van der Waals surface area contributed by atoms with Crippen LogP contribution in [-0.4, -0.2) is 28.0 Å². The van der Waals surface area contributed by atoms with Gasteiger partial charge in [-0.3, -0.25) is 4.79 Å². The van der Waals surface area contributed by atoms with Gasteiger partial charge in [0.05, 0.1) is 11.0 Å². The standard InChI is InChI=1S/C17H24N4O.2ClH/c1-12-19-15-8-4-5-9-16(15)21(12)11-17(22)20-14-7-3-2-6-13(14)10-18;;/h4-5,8-9,13-14H,2-3,6-7,10-11,18H2,1H3,(H,20,22);2*1H. The third-order valence-electron chi connectivity index (χ3n) is 4.71. The number of nitrogens with two attached hydrogens (primary N) is 1. The predicted octanol–water partition coefficient (Wildman–Crippen LogP) is 2.82. The van der Waals surface area contributed by atoms with Crippen LogP contribution < -0.4 is 11.1 Å². The van der Waals surface area contributed by atoms with Crippen molar-refractivity contribution in [2.75, 3.05) is 6.54 Å². The molecule has 2 aromatic rings. The van der Waals surface area contributed by atoms with Gasteiger partial charge >= 0.3 is 0 Å². The number of carbonyl (C=O) groups is 1. The second kappa shape index (κ2) is 9.25. The molecule has 7 heteroatoms. The zero-order valence-corrected chi connectivity index (χ0v) is 15.5. The predicted molar refractivity (Wildman–Crippen MR) is 102 cm³/mol. The van der Waals surface area contributed by atoms with E-state index in [2.05, 4.69) is 10.3 Å². The van der Waals surface area contributed by atoms with Crippen LogP contribution in [-0.2, 0) is 11.3 Å². The van der Waals surface area contributed by atoms with Gasteiger partial charge in [-0.15, -0.1) is 24.8 Å². The van der Waals surface area contributed by atoms with Crippen molar-refractivity contribution in [1.82, 2.24) is 14.9 Å². The SMILES string of the molecule is Cc1nc2ccccc2n1CC(=O)NC1CCCCC1CN.Cl.Cl. The molecule has 0 aliphatic heterocycles. The maximum absolute atomic E-state index is 12.4. The molecule has 1 fully saturated rings. The number of aryl methyl sites for hydroxylation is 1. The fraction of sp³-hybridized carbons (Fsp3) is 0.529. The van der Waals surface area contributed by atoms with Gasteiger partial charge in [0.2, 0.25) is 5.91 Å². The highest BCUT2D eigenvalue weighted by atomic mass is 35.5. The summed E-state index contributed by atoms with van der Waals surface area (Å²) in [7, 11) is 0. The van der Waals surface area contributed by atoms with Crippen molar-refractivity contribution < 1.29 is 4.79 Å². The quantitative estimate of drug-likeness (QED) is 0.866. The number of imidazole rings is 1. The van der Waals surface area contributed by atoms with Crippen LogP contribution in [0.2, 0.25) is 0 Å². The molecule has 1 aromatic heterocycles. The van der Waals surface area contributed by atoms with Crippen molar-refractivity contribution in [2.24, 2.45) is 11.7 Å². The molecule has 5 nitrogen and oxygen atoms in total. The van der Waals surface area contributed by atoms with E-state index in [0.717, 1.165) is 29.7 Å². The first kappa shape index (κ1) is 20.7. The molecule has 0 radical (unpaired) electrons. The van der Waals surface area contributed by atoms with Crippen molar-refractivity contribution in [3.8, 4) is 0 Å². The first-order valence-electron chi connectivity index (χ1n) is 8.10. The van der Waals surface area contributed by atoms with Gasteiger partial charge in [-0.25, -0.2) is 4.98 Å². The summed E-state index contributed by atoms with van der Waals surface area (Å²) < 4.78 is 1.98. The molecule has 1 aliphatic rings. The van der Waals surface area contributed by atoms with Crippen LogP contribution in [0, 0.1) is 12.8 Å². The Morgan fingerprint density at radius 3 is 2.75 bits per heavy atom. The maximum Gasteiger partial charge on any atom is 0.240 e. The van der Waals surface area contributed by atoms with E-state index < -0.39 is 0 Å². The van der Waals surface area contributed by atoms with Crippen LogP contribution in [0.3, 0.4) is 0 Å². The van der Waals surface area contributed by atoms with Gasteiger partial charge in [0.25, 0.3) is 0 Å². The number of hydrogen-bond acceptors (Lipinski definition) is 3. The Morgan fingerprint density at radius 1 is 1.29 bits per heavy atom. The Bertz CT molecular complexity index is 674. The van der Waals surface area contributed by atoms with Crippen LogP contribution in [0.5, 0.6) is 0 Å². The lowest BCUT2D eigenvalue weighted by atomic mass is 9.84. The number of aromatic nitrogens is 2. The third kappa shape index (κ3) is 4.41. The molecular weight excluding hydrogens is 347 g/mol. The molecule has 0 saturated heterocycles. The number of halogens is 2. The average molecular weight is 373 g/mol. The van der Waals surface area contributed by atoms with Gasteiger partial charge in [0.1, 0.15) is 12.4 Å². The van der Waals surface area contributed by atoms with Crippen LogP contribution in [0.4, 0.5) is 0 Å². The van der Waals surface area contributed by atoms with Crippen molar-refractivity contribution in [3.63, 3.8) is 0 Å². The number of fused-ring (bicyclic) bond motifs is 1. The highest BCUT2D eigenvalue weighted by molar-refractivity contribution is 5.85. The molecule has 24 heavy (non-hydrogen) atoms. The zero-order valence-electron chi connectivity index (χ0n) is 13.9. The van der Waals surface area contributed by atoms with Crippen molar-refractivity contribution in [2.45, 2.75) is 45.2 Å². The highest BCUT2D eigenvalue weighted by Gasteiger charge is 2.25. The van der Waals surface area contributed by atoms with E-state index in [1.807, 2.05) is 35.8 Å². The Morgan fingerprint density at radius 2 is 2.00 bits per heavy atom. The fourth-order valence-corrected chi connectivity index (χ4v) is 3.47. The molecule has 134 valence electrons. The average Bonchev–Trinajstić information content (AvgIpc) is 2.84. The van der Waals surface area contributed by atoms with Gasteiger partial charge < -0.3 is 15.6 Å². The second-order valence-corrected chi connectivity index (χ2v) is 6.19. The number of para-hydroxylation sites is 2. The van der Waals surface area contributed by atoms with E-state index in [1.54, 1.807) is 0 Å². The van der Waals surface area contributed by atoms with Crippen LogP contribution in [0.15, 0.2) is 24.3 Å². The molecule has 2 unspecified atom stereocenters. The zero-order chi connectivity index (χ0) is 15.5. The number of nitrogens with zero attached hydrogens (tertiary/aromatic N) is 2. The van der Waals surface area contributed by atoms with Gasteiger partial charge in [0, 0.05) is 6.04 Å². The molecular formula is C17H26Cl2N4O. The van der Waals surface area contributed by atoms with E-state index in [4.69, 9.17) is 5.73 Å². The molecule has 3 N–H and O–H groups in total. The second-order valence-electron chi connectivity index (χ2n) is 6.19. The minimum Gasteiger partial charge on any atom is -0.351 e. The topological polar surface area (TPSA) is 72.9 Å². The summed E-state index contributed by atoms with van der Waals surface area (Å²) in [5, 5.41) is 3.18. The van der Waals surface area contributed by atoms with Gasteiger partial charge in [0.15, 0.2) is 0 Å². The highest BCUT2D eigenvalue weighted by Crippen LogP contribution is 2.23. The minimum atomic E-state index is 0. The lowest BCUT2D eigenvalue weighted by Crippen LogP contribution is -2.45. The van der Waals surface area contributed by atoms with E-state index in [0.29, 0.717) is 19.0 Å². The molecule has 1 amide bonds. The maximum atomic E-state index is 12.4. The van der Waals surface area contributed by atoms with Crippen molar-refractivity contribution in [3.05, 3.63) is 30.1 Å². The summed E-state index contributed by atoms with van der Waals surface area (Å²) >= 11 is 0. The largest absolute Gasteiger partial charge is 0.351 e. The van der Waals surface area contributed by atoms with E-state index >= 15 is 0 Å². The molecule has 1 heterocycles. The summed E-state index contributed by atoms with van der Waals surface area (Å²) in [4.78, 5) is 16.9. The number of hydrogen-bond donors (Lipinski definition) is 2. The van der Waals surface area contributed by atoms with Crippen molar-refractivity contribution in [1.29, 1.82) is 0 Å². The van der Waals surface area contributed by atoms with Gasteiger partial charge in [-0.05, 0) is 44.4 Å². The number of rotatable bonds is 4. The summed E-state index contributed by atoms with van der Waals surface area (Å²) in [6.45, 7) is 2.91. The lowest BCUT2D eigenvalue weighted by molar-refractivity contribution is -0.122. The van der Waals surface area contributed by atoms with E-state index in [9.17, 15) is 4.79 Å². The molecule has 1 aliphatic carbocycles. The van der Waals surface area contributed by atoms with Crippen molar-refractivity contribution >= 4 is 41.8 Å². The first-order valence-corrected chi connectivity index (χ1v) is 8.10. The number of nitrogens with one attached hydrogen (secondary N) is 1. The van der Waals surface area contributed by atoms with Crippen LogP contribution >= 0.6 is 24.8 Å². The van der Waals surface area contributed by atoms with E-state index in [1.165, 1.54) is 12.8 Å². The number of carbonyl (C=O) groups excluding carboxylic acids is 1. The monoisotopic (exact) mass is 372 g/mol. The smallest absolute Gasteiger partial charge is 0.240 e. The van der Waals surface area contributed by atoms with Gasteiger partial charge in [-0.1, -0.05) is 25.0 Å². The molecule has 0 bridgehead atoms.